The Balaban J connectivity index is 1.49. The van der Waals surface area contributed by atoms with Crippen molar-refractivity contribution in [1.29, 1.82) is 0 Å². The van der Waals surface area contributed by atoms with Gasteiger partial charge in [-0.2, -0.15) is 11.8 Å². The second-order valence-electron chi connectivity index (χ2n) is 6.07. The molecule has 2 N–H and O–H groups in total. The molecular weight excluding hydrogens is 404 g/mol. The molecule has 25 heavy (non-hydrogen) atoms. The minimum atomic E-state index is -0.474. The summed E-state index contributed by atoms with van der Waals surface area (Å²) >= 11 is 5.13. The molecule has 1 aliphatic carbocycles. The molecule has 2 amide bonds. The highest BCUT2D eigenvalue weighted by Crippen LogP contribution is 2.26. The SMILES string of the molecule is CC(NC(=O)C1CCC1)C(=O)NCCSCCOc1cccc(Br)c1. The first-order valence-electron chi connectivity index (χ1n) is 8.60. The molecule has 7 heteroatoms. The van der Waals surface area contributed by atoms with E-state index in [1.807, 2.05) is 24.3 Å². The lowest BCUT2D eigenvalue weighted by molar-refractivity contribution is -0.132. The molecule has 1 fully saturated rings. The minimum Gasteiger partial charge on any atom is -0.493 e. The third kappa shape index (κ3) is 7.28. The topological polar surface area (TPSA) is 67.4 Å². The molecule has 1 atom stereocenters. The van der Waals surface area contributed by atoms with E-state index in [9.17, 15) is 9.59 Å². The second kappa shape index (κ2) is 10.7. The van der Waals surface area contributed by atoms with Crippen LogP contribution in [0.25, 0.3) is 0 Å². The molecule has 0 heterocycles. The fourth-order valence-corrected chi connectivity index (χ4v) is 3.37. The summed E-state index contributed by atoms with van der Waals surface area (Å²) in [4.78, 5) is 23.8. The van der Waals surface area contributed by atoms with Crippen molar-refractivity contribution < 1.29 is 14.3 Å². The highest BCUT2D eigenvalue weighted by atomic mass is 79.9. The van der Waals surface area contributed by atoms with Gasteiger partial charge < -0.3 is 15.4 Å². The quantitative estimate of drug-likeness (QED) is 0.562. The van der Waals surface area contributed by atoms with Gasteiger partial charge in [-0.25, -0.2) is 0 Å². The van der Waals surface area contributed by atoms with Gasteiger partial charge in [-0.15, -0.1) is 0 Å². The van der Waals surface area contributed by atoms with Crippen LogP contribution in [0, 0.1) is 5.92 Å². The van der Waals surface area contributed by atoms with E-state index in [0.29, 0.717) is 13.2 Å². The Morgan fingerprint density at radius 3 is 2.84 bits per heavy atom. The Bertz CT molecular complexity index is 581. The van der Waals surface area contributed by atoms with Gasteiger partial charge in [0.25, 0.3) is 0 Å². The molecule has 1 aromatic rings. The Morgan fingerprint density at radius 1 is 1.36 bits per heavy atom. The maximum Gasteiger partial charge on any atom is 0.242 e. The zero-order chi connectivity index (χ0) is 18.1. The molecular formula is C18H25BrN2O3S. The summed E-state index contributed by atoms with van der Waals surface area (Å²) in [6, 6.07) is 7.28. The summed E-state index contributed by atoms with van der Waals surface area (Å²) in [6.07, 6.45) is 3.00. The summed E-state index contributed by atoms with van der Waals surface area (Å²) in [6.45, 7) is 2.94. The van der Waals surface area contributed by atoms with Crippen LogP contribution >= 0.6 is 27.7 Å². The monoisotopic (exact) mass is 428 g/mol. The number of hydrogen-bond donors (Lipinski definition) is 2. The molecule has 0 bridgehead atoms. The zero-order valence-electron chi connectivity index (χ0n) is 14.4. The average molecular weight is 429 g/mol. The van der Waals surface area contributed by atoms with Crippen LogP contribution < -0.4 is 15.4 Å². The van der Waals surface area contributed by atoms with Crippen LogP contribution in [0.1, 0.15) is 26.2 Å². The van der Waals surface area contributed by atoms with Gasteiger partial charge in [0.1, 0.15) is 11.8 Å². The van der Waals surface area contributed by atoms with Crippen molar-refractivity contribution in [3.8, 4) is 5.75 Å². The van der Waals surface area contributed by atoms with Gasteiger partial charge in [-0.3, -0.25) is 9.59 Å². The molecule has 1 saturated carbocycles. The Hall–Kier alpha value is -1.21. The largest absolute Gasteiger partial charge is 0.493 e. The Labute approximate surface area is 161 Å². The van der Waals surface area contributed by atoms with Crippen LogP contribution in [0.2, 0.25) is 0 Å². The predicted molar refractivity (Wildman–Crippen MR) is 105 cm³/mol. The van der Waals surface area contributed by atoms with Gasteiger partial charge in [0, 0.05) is 28.4 Å². The van der Waals surface area contributed by atoms with Crippen LogP contribution in [0.3, 0.4) is 0 Å². The van der Waals surface area contributed by atoms with Crippen LogP contribution in [0.5, 0.6) is 5.75 Å². The number of rotatable bonds is 10. The van der Waals surface area contributed by atoms with Gasteiger partial charge in [0.15, 0.2) is 0 Å². The van der Waals surface area contributed by atoms with E-state index < -0.39 is 6.04 Å². The third-order valence-electron chi connectivity index (χ3n) is 4.07. The van der Waals surface area contributed by atoms with Crippen molar-refractivity contribution in [2.45, 2.75) is 32.2 Å². The molecule has 0 spiro atoms. The molecule has 0 aliphatic heterocycles. The van der Waals surface area contributed by atoms with Gasteiger partial charge in [0.2, 0.25) is 11.8 Å². The molecule has 2 rings (SSSR count). The Kier molecular flexibility index (Phi) is 8.61. The molecule has 1 aliphatic rings. The molecule has 138 valence electrons. The lowest BCUT2D eigenvalue weighted by Crippen LogP contribution is -2.48. The lowest BCUT2D eigenvalue weighted by atomic mass is 9.84. The number of carbonyl (C=O) groups excluding carboxylic acids is 2. The fraction of sp³-hybridized carbons (Fsp3) is 0.556. The first-order chi connectivity index (χ1) is 12.1. The van der Waals surface area contributed by atoms with Crippen molar-refractivity contribution >= 4 is 39.5 Å². The first-order valence-corrected chi connectivity index (χ1v) is 10.5. The van der Waals surface area contributed by atoms with Gasteiger partial charge in [-0.1, -0.05) is 28.4 Å². The Morgan fingerprint density at radius 2 is 2.16 bits per heavy atom. The first kappa shape index (κ1) is 20.1. The second-order valence-corrected chi connectivity index (χ2v) is 8.21. The molecule has 1 aromatic carbocycles. The fourth-order valence-electron chi connectivity index (χ4n) is 2.34. The van der Waals surface area contributed by atoms with Crippen molar-refractivity contribution in [2.24, 2.45) is 5.92 Å². The van der Waals surface area contributed by atoms with E-state index in [-0.39, 0.29) is 17.7 Å². The molecule has 0 saturated heterocycles. The van der Waals surface area contributed by atoms with Crippen molar-refractivity contribution in [3.05, 3.63) is 28.7 Å². The van der Waals surface area contributed by atoms with Crippen molar-refractivity contribution in [2.75, 3.05) is 24.7 Å². The van der Waals surface area contributed by atoms with Crippen LogP contribution in [0.15, 0.2) is 28.7 Å². The number of thioether (sulfide) groups is 1. The van der Waals surface area contributed by atoms with Gasteiger partial charge in [0.05, 0.1) is 6.61 Å². The third-order valence-corrected chi connectivity index (χ3v) is 5.51. The number of hydrogen-bond acceptors (Lipinski definition) is 4. The minimum absolute atomic E-state index is 0.00738. The summed E-state index contributed by atoms with van der Waals surface area (Å²) in [5.74, 6) is 2.51. The van der Waals surface area contributed by atoms with Crippen LogP contribution in [-0.4, -0.2) is 42.5 Å². The van der Waals surface area contributed by atoms with E-state index in [1.54, 1.807) is 18.7 Å². The number of amides is 2. The van der Waals surface area contributed by atoms with Crippen molar-refractivity contribution in [1.82, 2.24) is 10.6 Å². The van der Waals surface area contributed by atoms with Gasteiger partial charge >= 0.3 is 0 Å². The maximum absolute atomic E-state index is 11.9. The summed E-state index contributed by atoms with van der Waals surface area (Å²) < 4.78 is 6.65. The van der Waals surface area contributed by atoms with Crippen molar-refractivity contribution in [3.63, 3.8) is 0 Å². The summed E-state index contributed by atoms with van der Waals surface area (Å²) in [5, 5.41) is 5.64. The van der Waals surface area contributed by atoms with E-state index in [4.69, 9.17) is 4.74 Å². The number of halogens is 1. The van der Waals surface area contributed by atoms with Crippen LogP contribution in [-0.2, 0) is 9.59 Å². The van der Waals surface area contributed by atoms with E-state index in [1.165, 1.54) is 0 Å². The van der Waals surface area contributed by atoms with Crippen LogP contribution in [0.4, 0.5) is 0 Å². The van der Waals surface area contributed by atoms with Gasteiger partial charge in [-0.05, 0) is 38.0 Å². The maximum atomic E-state index is 11.9. The highest BCUT2D eigenvalue weighted by Gasteiger charge is 2.27. The smallest absolute Gasteiger partial charge is 0.242 e. The number of ether oxygens (including phenoxy) is 1. The van der Waals surface area contributed by atoms with E-state index in [0.717, 1.165) is 41.0 Å². The molecule has 0 aromatic heterocycles. The number of nitrogens with one attached hydrogen (secondary N) is 2. The lowest BCUT2D eigenvalue weighted by Gasteiger charge is -2.25. The molecule has 1 unspecified atom stereocenters. The summed E-state index contributed by atoms with van der Waals surface area (Å²) in [5.41, 5.74) is 0. The van der Waals surface area contributed by atoms with E-state index >= 15 is 0 Å². The summed E-state index contributed by atoms with van der Waals surface area (Å²) in [7, 11) is 0. The average Bonchev–Trinajstić information content (AvgIpc) is 2.52. The zero-order valence-corrected chi connectivity index (χ0v) is 16.8. The predicted octanol–water partition coefficient (Wildman–Crippen LogP) is 2.98. The highest BCUT2D eigenvalue weighted by molar-refractivity contribution is 9.10. The normalized spacial score (nSPS) is 15.1. The molecule has 0 radical (unpaired) electrons. The number of benzene rings is 1. The number of carbonyl (C=O) groups is 2. The molecule has 5 nitrogen and oxygen atoms in total. The van der Waals surface area contributed by atoms with E-state index in [2.05, 4.69) is 26.6 Å². The standard InChI is InChI=1S/C18H25BrN2O3S/c1-13(21-18(23)14-4-2-5-14)17(22)20-8-10-25-11-9-24-16-7-3-6-15(19)12-16/h3,6-7,12-14H,2,4-5,8-11H2,1H3,(H,20,22)(H,21,23).